The maximum Gasteiger partial charge on any atom is 0.435 e. The molecular weight excluding hydrogens is 500 g/mol. The molecule has 0 fully saturated rings. The number of halogens is 4. The Morgan fingerprint density at radius 2 is 1.72 bits per heavy atom. The minimum atomic E-state index is -4.96. The molecule has 1 heterocycles. The Morgan fingerprint density at radius 1 is 1.10 bits per heavy atom. The highest BCUT2D eigenvalue weighted by Gasteiger charge is 2.41. The number of nitrogens with one attached hydrogen (secondary N) is 2. The molecule has 0 aliphatic rings. The normalized spacial score (nSPS) is 12.1. The number of hydrogen-bond donors (Lipinski definition) is 2. The second-order valence-electron chi connectivity index (χ2n) is 5.99. The van der Waals surface area contributed by atoms with Crippen molar-refractivity contribution in [3.05, 3.63) is 85.3 Å². The smallest absolute Gasteiger partial charge is 0.295 e. The summed E-state index contributed by atoms with van der Waals surface area (Å²) in [5.74, 6) is -0.820. The number of hydrogen-bond acceptors (Lipinski definition) is 3. The lowest BCUT2D eigenvalue weighted by atomic mass is 10.1. The number of carbonyl (C=O) groups excluding carboxylic acids is 1. The number of amides is 1. The number of aromatic nitrogens is 2. The quantitative estimate of drug-likeness (QED) is 0.316. The van der Waals surface area contributed by atoms with E-state index in [-0.39, 0.29) is 11.3 Å². The lowest BCUT2D eigenvalue weighted by molar-refractivity contribution is -0.0584. The van der Waals surface area contributed by atoms with E-state index in [4.69, 9.17) is 0 Å². The van der Waals surface area contributed by atoms with Gasteiger partial charge in [-0.15, -0.1) is 0 Å². The second-order valence-corrected chi connectivity index (χ2v) is 7.24. The minimum absolute atomic E-state index is 0.0292. The topological polar surface area (TPSA) is 79.2 Å². The first-order valence-corrected chi connectivity index (χ1v) is 9.34. The van der Waals surface area contributed by atoms with Crippen molar-refractivity contribution >= 4 is 34.2 Å². The number of aromatic amines is 1. The Balaban J connectivity index is 2.01. The highest BCUT2D eigenvalue weighted by molar-refractivity contribution is 14.1. The third kappa shape index (κ3) is 4.58. The third-order valence-electron chi connectivity index (χ3n) is 3.97. The van der Waals surface area contributed by atoms with Gasteiger partial charge < -0.3 is 0 Å². The van der Waals surface area contributed by atoms with Crippen molar-refractivity contribution in [3.8, 4) is 5.69 Å². The van der Waals surface area contributed by atoms with Crippen molar-refractivity contribution < 1.29 is 18.0 Å². The number of para-hydroxylation sites is 1. The number of H-pyrrole nitrogens is 1. The van der Waals surface area contributed by atoms with Gasteiger partial charge in [0.25, 0.3) is 11.5 Å². The van der Waals surface area contributed by atoms with Crippen LogP contribution in [0, 0.1) is 10.5 Å². The van der Waals surface area contributed by atoms with Crippen molar-refractivity contribution in [3.63, 3.8) is 0 Å². The largest absolute Gasteiger partial charge is 0.435 e. The van der Waals surface area contributed by atoms with E-state index >= 15 is 0 Å². The van der Waals surface area contributed by atoms with Gasteiger partial charge in [0.15, 0.2) is 5.71 Å². The van der Waals surface area contributed by atoms with Crippen LogP contribution >= 0.6 is 22.6 Å². The highest BCUT2D eigenvalue weighted by atomic mass is 127. The molecule has 0 aliphatic carbocycles. The first-order chi connectivity index (χ1) is 13.7. The predicted molar refractivity (Wildman–Crippen MR) is 110 cm³/mol. The number of hydrazone groups is 1. The van der Waals surface area contributed by atoms with Crippen LogP contribution in [0.2, 0.25) is 0 Å². The second kappa shape index (κ2) is 8.23. The van der Waals surface area contributed by atoms with Crippen molar-refractivity contribution in [2.75, 3.05) is 0 Å². The highest BCUT2D eigenvalue weighted by Crippen LogP contribution is 2.23. The van der Waals surface area contributed by atoms with Crippen LogP contribution < -0.4 is 11.0 Å². The predicted octanol–water partition coefficient (Wildman–Crippen LogP) is 3.78. The molecule has 1 amide bonds. The first kappa shape index (κ1) is 20.8. The van der Waals surface area contributed by atoms with Crippen molar-refractivity contribution in [2.45, 2.75) is 13.1 Å². The van der Waals surface area contributed by atoms with Gasteiger partial charge in [-0.2, -0.15) is 18.3 Å². The van der Waals surface area contributed by atoms with Crippen molar-refractivity contribution in [1.82, 2.24) is 15.2 Å². The van der Waals surface area contributed by atoms with Gasteiger partial charge in [-0.05, 0) is 65.9 Å². The number of carbonyl (C=O) groups is 1. The third-order valence-corrected chi connectivity index (χ3v) is 4.69. The number of aryl methyl sites for hydroxylation is 1. The zero-order valence-electron chi connectivity index (χ0n) is 14.9. The maximum atomic E-state index is 13.6. The molecule has 1 aromatic heterocycles. The van der Waals surface area contributed by atoms with E-state index in [2.05, 4.69) is 10.2 Å². The molecule has 0 bridgehead atoms. The van der Waals surface area contributed by atoms with E-state index in [9.17, 15) is 22.8 Å². The SMILES string of the molecule is Cc1[nH]n(-c2ccccc2)c(=O)c1/C(=N\NC(=O)c1ccc(I)cc1)C(F)(F)F. The monoisotopic (exact) mass is 514 g/mol. The Bertz CT molecular complexity index is 1120. The summed E-state index contributed by atoms with van der Waals surface area (Å²) in [7, 11) is 0. The molecule has 6 nitrogen and oxygen atoms in total. The average molecular weight is 514 g/mol. The first-order valence-electron chi connectivity index (χ1n) is 8.26. The van der Waals surface area contributed by atoms with Crippen LogP contribution in [-0.2, 0) is 0 Å². The lowest BCUT2D eigenvalue weighted by Crippen LogP contribution is -2.33. The molecule has 29 heavy (non-hydrogen) atoms. The molecule has 0 unspecified atom stereocenters. The fourth-order valence-electron chi connectivity index (χ4n) is 2.62. The van der Waals surface area contributed by atoms with E-state index in [1.54, 1.807) is 42.5 Å². The fourth-order valence-corrected chi connectivity index (χ4v) is 2.98. The van der Waals surface area contributed by atoms with Gasteiger partial charge in [0.1, 0.15) is 0 Å². The molecule has 0 aliphatic heterocycles. The van der Waals surface area contributed by atoms with E-state index in [0.29, 0.717) is 5.69 Å². The maximum absolute atomic E-state index is 13.6. The Labute approximate surface area is 176 Å². The molecule has 3 aromatic rings. The standard InChI is InChI=1S/C19H14F3IN4O2/c1-11-15(18(29)27(26-11)14-5-3-2-4-6-14)16(19(20,21)22)24-25-17(28)12-7-9-13(23)10-8-12/h2-10,26H,1H3,(H,25,28)/b24-16+. The van der Waals surface area contributed by atoms with Gasteiger partial charge in [0.05, 0.1) is 11.3 Å². The molecule has 0 saturated heterocycles. The number of benzene rings is 2. The zero-order chi connectivity index (χ0) is 21.2. The van der Waals surface area contributed by atoms with E-state index < -0.39 is 28.9 Å². The summed E-state index contributed by atoms with van der Waals surface area (Å²) in [6, 6.07) is 14.4. The number of rotatable bonds is 4. The average Bonchev–Trinajstić information content (AvgIpc) is 2.97. The summed E-state index contributed by atoms with van der Waals surface area (Å²) < 4.78 is 42.8. The molecular formula is C19H14F3IN4O2. The van der Waals surface area contributed by atoms with E-state index in [1.807, 2.05) is 28.0 Å². The molecule has 3 rings (SSSR count). The summed E-state index contributed by atoms with van der Waals surface area (Å²) >= 11 is 2.04. The zero-order valence-corrected chi connectivity index (χ0v) is 17.1. The molecule has 0 saturated carbocycles. The van der Waals surface area contributed by atoms with Gasteiger partial charge in [-0.1, -0.05) is 18.2 Å². The van der Waals surface area contributed by atoms with Gasteiger partial charge in [0.2, 0.25) is 0 Å². The van der Waals surface area contributed by atoms with E-state index in [1.165, 1.54) is 19.1 Å². The molecule has 10 heteroatoms. The number of nitrogens with zero attached hydrogens (tertiary/aromatic N) is 2. The molecule has 2 N–H and O–H groups in total. The van der Waals surface area contributed by atoms with Gasteiger partial charge in [-0.3, -0.25) is 14.7 Å². The van der Waals surface area contributed by atoms with Gasteiger partial charge in [0, 0.05) is 14.8 Å². The lowest BCUT2D eigenvalue weighted by Gasteiger charge is -2.09. The van der Waals surface area contributed by atoms with Crippen LogP contribution in [-0.4, -0.2) is 27.6 Å². The van der Waals surface area contributed by atoms with Gasteiger partial charge >= 0.3 is 6.18 Å². The Kier molecular flexibility index (Phi) is 5.91. The summed E-state index contributed by atoms with van der Waals surface area (Å²) in [5.41, 5.74) is -0.692. The number of alkyl halides is 3. The summed E-state index contributed by atoms with van der Waals surface area (Å²) in [6.07, 6.45) is -4.96. The van der Waals surface area contributed by atoms with Gasteiger partial charge in [-0.25, -0.2) is 10.1 Å². The molecule has 0 spiro atoms. The van der Waals surface area contributed by atoms with Crippen LogP contribution in [0.15, 0.2) is 64.5 Å². The van der Waals surface area contributed by atoms with Crippen LogP contribution in [0.25, 0.3) is 5.69 Å². The Morgan fingerprint density at radius 3 is 2.31 bits per heavy atom. The van der Waals surface area contributed by atoms with Crippen LogP contribution in [0.3, 0.4) is 0 Å². The van der Waals surface area contributed by atoms with Crippen LogP contribution in [0.4, 0.5) is 13.2 Å². The molecule has 0 radical (unpaired) electrons. The van der Waals surface area contributed by atoms with Crippen molar-refractivity contribution in [1.29, 1.82) is 0 Å². The van der Waals surface area contributed by atoms with Crippen molar-refractivity contribution in [2.24, 2.45) is 5.10 Å². The summed E-state index contributed by atoms with van der Waals surface area (Å²) in [5, 5.41) is 5.87. The van der Waals surface area contributed by atoms with Crippen LogP contribution in [0.1, 0.15) is 21.6 Å². The molecule has 0 atom stereocenters. The minimum Gasteiger partial charge on any atom is -0.295 e. The summed E-state index contributed by atoms with van der Waals surface area (Å²) in [6.45, 7) is 1.33. The van der Waals surface area contributed by atoms with Crippen LogP contribution in [0.5, 0.6) is 0 Å². The van der Waals surface area contributed by atoms with E-state index in [0.717, 1.165) is 8.25 Å². The summed E-state index contributed by atoms with van der Waals surface area (Å²) in [4.78, 5) is 24.8. The Hall–Kier alpha value is -2.89. The molecule has 150 valence electrons. The molecule has 2 aromatic carbocycles. The fraction of sp³-hybridized carbons (Fsp3) is 0.105.